The van der Waals surface area contributed by atoms with Gasteiger partial charge in [-0.25, -0.2) is 0 Å². The molecule has 2 aromatic rings. The maximum Gasteiger partial charge on any atom is 0.255 e. The van der Waals surface area contributed by atoms with Crippen molar-refractivity contribution >= 4 is 5.91 Å². The highest BCUT2D eigenvalue weighted by Gasteiger charge is 2.19. The molecule has 5 heteroatoms. The number of aromatic hydroxyl groups is 1. The van der Waals surface area contributed by atoms with Crippen LogP contribution in [0, 0.1) is 6.92 Å². The van der Waals surface area contributed by atoms with Gasteiger partial charge in [-0.05, 0) is 45.3 Å². The molecule has 0 bridgehead atoms. The van der Waals surface area contributed by atoms with Crippen molar-refractivity contribution in [2.45, 2.75) is 13.0 Å². The van der Waals surface area contributed by atoms with E-state index in [1.165, 1.54) is 6.07 Å². The molecule has 1 atom stereocenters. The van der Waals surface area contributed by atoms with Gasteiger partial charge in [0.25, 0.3) is 5.91 Å². The third-order valence-electron chi connectivity index (χ3n) is 3.35. The summed E-state index contributed by atoms with van der Waals surface area (Å²) >= 11 is 0. The summed E-state index contributed by atoms with van der Waals surface area (Å²) in [6.07, 6.45) is 1.61. The standard InChI is InChI=1S/C16H20N2O3/c1-11-6-7-14(19)12(9-11)16(20)17-10-13(18(2)3)15-5-4-8-21-15/h4-9,13,19H,10H2,1-3H3,(H,17,20). The minimum absolute atomic E-state index is 0.0162. The first-order valence-corrected chi connectivity index (χ1v) is 6.76. The van der Waals surface area contributed by atoms with Gasteiger partial charge >= 0.3 is 0 Å². The lowest BCUT2D eigenvalue weighted by Gasteiger charge is -2.22. The molecule has 0 saturated carbocycles. The van der Waals surface area contributed by atoms with Gasteiger partial charge in [0, 0.05) is 6.54 Å². The summed E-state index contributed by atoms with van der Waals surface area (Å²) in [5.41, 5.74) is 1.21. The average molecular weight is 288 g/mol. The van der Waals surface area contributed by atoms with Gasteiger partial charge in [0.2, 0.25) is 0 Å². The Balaban J connectivity index is 2.07. The average Bonchev–Trinajstić information content (AvgIpc) is 2.95. The van der Waals surface area contributed by atoms with Gasteiger partial charge in [-0.2, -0.15) is 0 Å². The zero-order chi connectivity index (χ0) is 15.4. The molecule has 0 spiro atoms. The fourth-order valence-corrected chi connectivity index (χ4v) is 2.13. The molecular weight excluding hydrogens is 268 g/mol. The first kappa shape index (κ1) is 15.1. The number of hydrogen-bond donors (Lipinski definition) is 2. The molecule has 5 nitrogen and oxygen atoms in total. The van der Waals surface area contributed by atoms with Crippen LogP contribution in [0.3, 0.4) is 0 Å². The molecule has 0 aliphatic carbocycles. The van der Waals surface area contributed by atoms with Crippen LogP contribution in [-0.2, 0) is 0 Å². The molecule has 1 aromatic heterocycles. The molecule has 2 rings (SSSR count). The fraction of sp³-hybridized carbons (Fsp3) is 0.312. The number of nitrogens with one attached hydrogen (secondary N) is 1. The summed E-state index contributed by atoms with van der Waals surface area (Å²) in [5.74, 6) is 0.473. The van der Waals surface area contributed by atoms with Crippen LogP contribution in [0.4, 0.5) is 0 Å². The maximum atomic E-state index is 12.2. The van der Waals surface area contributed by atoms with Crippen LogP contribution in [-0.4, -0.2) is 36.6 Å². The van der Waals surface area contributed by atoms with E-state index < -0.39 is 0 Å². The van der Waals surface area contributed by atoms with Gasteiger partial charge in [-0.3, -0.25) is 9.69 Å². The third-order valence-corrected chi connectivity index (χ3v) is 3.35. The summed E-state index contributed by atoms with van der Waals surface area (Å²) in [6, 6.07) is 8.59. The highest BCUT2D eigenvalue weighted by molar-refractivity contribution is 5.97. The molecule has 1 unspecified atom stereocenters. The van der Waals surface area contributed by atoms with Crippen LogP contribution in [0.25, 0.3) is 0 Å². The van der Waals surface area contributed by atoms with Gasteiger partial charge < -0.3 is 14.8 Å². The van der Waals surface area contributed by atoms with Crippen molar-refractivity contribution in [3.8, 4) is 5.75 Å². The minimum atomic E-state index is -0.297. The summed E-state index contributed by atoms with van der Waals surface area (Å²) in [5, 5.41) is 12.6. The van der Waals surface area contributed by atoms with E-state index in [9.17, 15) is 9.90 Å². The lowest BCUT2D eigenvalue weighted by atomic mass is 10.1. The van der Waals surface area contributed by atoms with Crippen molar-refractivity contribution in [2.75, 3.05) is 20.6 Å². The number of carbonyl (C=O) groups is 1. The zero-order valence-electron chi connectivity index (χ0n) is 12.5. The van der Waals surface area contributed by atoms with E-state index in [1.54, 1.807) is 18.4 Å². The predicted octanol–water partition coefficient (Wildman–Crippen LogP) is 2.33. The van der Waals surface area contributed by atoms with Gasteiger partial charge in [0.05, 0.1) is 17.9 Å². The quantitative estimate of drug-likeness (QED) is 0.886. The third kappa shape index (κ3) is 3.64. The molecular formula is C16H20N2O3. The highest BCUT2D eigenvalue weighted by atomic mass is 16.3. The second-order valence-electron chi connectivity index (χ2n) is 5.23. The second kappa shape index (κ2) is 6.45. The molecule has 1 aromatic carbocycles. The number of benzene rings is 1. The SMILES string of the molecule is Cc1ccc(O)c(C(=O)NCC(c2ccco2)N(C)C)c1. The van der Waals surface area contributed by atoms with Crippen molar-refractivity contribution in [3.63, 3.8) is 0 Å². The van der Waals surface area contributed by atoms with Crippen molar-refractivity contribution < 1.29 is 14.3 Å². The van der Waals surface area contributed by atoms with Crippen molar-refractivity contribution in [3.05, 3.63) is 53.5 Å². The summed E-state index contributed by atoms with van der Waals surface area (Å²) < 4.78 is 5.40. The summed E-state index contributed by atoms with van der Waals surface area (Å²) in [6.45, 7) is 2.27. The maximum absolute atomic E-state index is 12.2. The van der Waals surface area contributed by atoms with Crippen LogP contribution in [0.1, 0.15) is 27.7 Å². The molecule has 21 heavy (non-hydrogen) atoms. The summed E-state index contributed by atoms with van der Waals surface area (Å²) in [7, 11) is 3.84. The van der Waals surface area contributed by atoms with E-state index in [0.717, 1.165) is 11.3 Å². The molecule has 0 saturated heterocycles. The molecule has 0 radical (unpaired) electrons. The number of furan rings is 1. The monoisotopic (exact) mass is 288 g/mol. The number of phenolic OH excluding ortho intramolecular Hbond substituents is 1. The Morgan fingerprint density at radius 3 is 2.76 bits per heavy atom. The second-order valence-corrected chi connectivity index (χ2v) is 5.23. The number of phenols is 1. The number of nitrogens with zero attached hydrogens (tertiary/aromatic N) is 1. The lowest BCUT2D eigenvalue weighted by molar-refractivity contribution is 0.0936. The number of hydrogen-bond acceptors (Lipinski definition) is 4. The van der Waals surface area contributed by atoms with E-state index in [0.29, 0.717) is 6.54 Å². The van der Waals surface area contributed by atoms with Crippen molar-refractivity contribution in [2.24, 2.45) is 0 Å². The van der Waals surface area contributed by atoms with E-state index >= 15 is 0 Å². The number of likely N-dealkylation sites (N-methyl/N-ethyl adjacent to an activating group) is 1. The molecule has 0 aliphatic heterocycles. The molecule has 112 valence electrons. The van der Waals surface area contributed by atoms with Gasteiger partial charge in [-0.1, -0.05) is 11.6 Å². The molecule has 0 fully saturated rings. The van der Waals surface area contributed by atoms with E-state index in [1.807, 2.05) is 38.1 Å². The lowest BCUT2D eigenvalue weighted by Crippen LogP contribution is -2.34. The van der Waals surface area contributed by atoms with E-state index in [2.05, 4.69) is 5.32 Å². The Hall–Kier alpha value is -2.27. The smallest absolute Gasteiger partial charge is 0.255 e. The van der Waals surface area contributed by atoms with Gasteiger partial charge in [0.1, 0.15) is 11.5 Å². The molecule has 0 aliphatic rings. The van der Waals surface area contributed by atoms with E-state index in [4.69, 9.17) is 4.42 Å². The predicted molar refractivity (Wildman–Crippen MR) is 80.3 cm³/mol. The van der Waals surface area contributed by atoms with Crippen LogP contribution >= 0.6 is 0 Å². The number of aryl methyl sites for hydroxylation is 1. The largest absolute Gasteiger partial charge is 0.507 e. The van der Waals surface area contributed by atoms with Crippen LogP contribution in [0.2, 0.25) is 0 Å². The van der Waals surface area contributed by atoms with Crippen LogP contribution in [0.15, 0.2) is 41.0 Å². The molecule has 1 heterocycles. The van der Waals surface area contributed by atoms with Crippen LogP contribution in [0.5, 0.6) is 5.75 Å². The topological polar surface area (TPSA) is 65.7 Å². The number of amides is 1. The van der Waals surface area contributed by atoms with Crippen LogP contribution < -0.4 is 5.32 Å². The van der Waals surface area contributed by atoms with E-state index in [-0.39, 0.29) is 23.3 Å². The highest BCUT2D eigenvalue weighted by Crippen LogP contribution is 2.20. The normalized spacial score (nSPS) is 12.4. The minimum Gasteiger partial charge on any atom is -0.507 e. The first-order chi connectivity index (χ1) is 9.99. The molecule has 1 amide bonds. The van der Waals surface area contributed by atoms with Gasteiger partial charge in [-0.15, -0.1) is 0 Å². The van der Waals surface area contributed by atoms with Gasteiger partial charge in [0.15, 0.2) is 0 Å². The Labute approximate surface area is 124 Å². The first-order valence-electron chi connectivity index (χ1n) is 6.76. The Bertz CT molecular complexity index is 606. The Morgan fingerprint density at radius 2 is 2.14 bits per heavy atom. The summed E-state index contributed by atoms with van der Waals surface area (Å²) in [4.78, 5) is 14.2. The Kier molecular flexibility index (Phi) is 4.65. The molecule has 2 N–H and O–H groups in total. The number of carbonyl (C=O) groups excluding carboxylic acids is 1. The zero-order valence-corrected chi connectivity index (χ0v) is 12.5. The Morgan fingerprint density at radius 1 is 1.38 bits per heavy atom. The van der Waals surface area contributed by atoms with Crippen molar-refractivity contribution in [1.29, 1.82) is 0 Å². The van der Waals surface area contributed by atoms with Crippen molar-refractivity contribution in [1.82, 2.24) is 10.2 Å². The fourth-order valence-electron chi connectivity index (χ4n) is 2.13. The number of rotatable bonds is 5.